The molecule has 0 radical (unpaired) electrons. The van der Waals surface area contributed by atoms with Crippen LogP contribution in [0.15, 0.2) is 35.5 Å². The maximum atomic E-state index is 13.8. The Bertz CT molecular complexity index is 776. The molecule has 2 rings (SSSR count). The monoisotopic (exact) mass is 308 g/mol. The molecule has 6 nitrogen and oxygen atoms in total. The largest absolute Gasteiger partial charge is 0.320 e. The standard InChI is InChI=1S/C13H13FN4O2S/c14-13-6-12(4-3-11(13)2-1-5-15)21(19,20)18-9-10-7-16-17-8-10/h3-4,6-8,18H,5,9,15H2,(H,16,17). The van der Waals surface area contributed by atoms with Crippen LogP contribution >= 0.6 is 0 Å². The fourth-order valence-electron chi connectivity index (χ4n) is 1.55. The van der Waals surface area contributed by atoms with Crippen LogP contribution in [-0.4, -0.2) is 25.2 Å². The molecule has 2 aromatic rings. The number of nitrogens with zero attached hydrogens (tertiary/aromatic N) is 1. The molecule has 0 fully saturated rings. The number of nitrogens with two attached hydrogens (primary N) is 1. The number of halogens is 1. The Labute approximate surface area is 121 Å². The molecular formula is C13H13FN4O2S. The van der Waals surface area contributed by atoms with Gasteiger partial charge in [0.05, 0.1) is 23.2 Å². The summed E-state index contributed by atoms with van der Waals surface area (Å²) in [5.41, 5.74) is 5.98. The van der Waals surface area contributed by atoms with Crippen molar-refractivity contribution in [2.45, 2.75) is 11.4 Å². The first kappa shape index (κ1) is 15.2. The number of benzene rings is 1. The number of nitrogens with one attached hydrogen (secondary N) is 2. The van der Waals surface area contributed by atoms with E-state index in [1.807, 2.05) is 0 Å². The molecule has 0 amide bonds. The van der Waals surface area contributed by atoms with Gasteiger partial charge < -0.3 is 5.73 Å². The van der Waals surface area contributed by atoms with E-state index in [1.54, 1.807) is 6.20 Å². The Hall–Kier alpha value is -2.21. The van der Waals surface area contributed by atoms with E-state index in [0.29, 0.717) is 5.56 Å². The number of hydrogen-bond acceptors (Lipinski definition) is 4. The summed E-state index contributed by atoms with van der Waals surface area (Å²) in [6.45, 7) is 0.168. The molecule has 0 atom stereocenters. The van der Waals surface area contributed by atoms with Crippen molar-refractivity contribution in [3.05, 3.63) is 47.5 Å². The number of hydrogen-bond donors (Lipinski definition) is 3. The molecule has 0 spiro atoms. The molecule has 8 heteroatoms. The summed E-state index contributed by atoms with van der Waals surface area (Å²) in [6.07, 6.45) is 3.06. The second-order valence-corrected chi connectivity index (χ2v) is 5.85. The average molecular weight is 308 g/mol. The lowest BCUT2D eigenvalue weighted by molar-refractivity contribution is 0.577. The van der Waals surface area contributed by atoms with Crippen LogP contribution in [0.25, 0.3) is 0 Å². The molecule has 0 aliphatic carbocycles. The second kappa shape index (κ2) is 6.49. The smallest absolute Gasteiger partial charge is 0.240 e. The first-order valence-corrected chi connectivity index (χ1v) is 7.47. The molecule has 4 N–H and O–H groups in total. The minimum absolute atomic E-state index is 0.0647. The summed E-state index contributed by atoms with van der Waals surface area (Å²) in [6, 6.07) is 3.53. The molecule has 0 saturated carbocycles. The highest BCUT2D eigenvalue weighted by Gasteiger charge is 2.15. The number of aromatic nitrogens is 2. The first-order chi connectivity index (χ1) is 10.0. The van der Waals surface area contributed by atoms with Crippen LogP contribution in [0.2, 0.25) is 0 Å². The highest BCUT2D eigenvalue weighted by molar-refractivity contribution is 7.89. The van der Waals surface area contributed by atoms with Gasteiger partial charge in [-0.1, -0.05) is 11.8 Å². The highest BCUT2D eigenvalue weighted by Crippen LogP contribution is 2.14. The molecule has 0 unspecified atom stereocenters. The van der Waals surface area contributed by atoms with Crippen LogP contribution in [0.5, 0.6) is 0 Å². The van der Waals surface area contributed by atoms with Gasteiger partial charge in [-0.05, 0) is 18.2 Å². The molecule has 0 saturated heterocycles. The van der Waals surface area contributed by atoms with Gasteiger partial charge in [0.15, 0.2) is 0 Å². The lowest BCUT2D eigenvalue weighted by Gasteiger charge is -2.06. The van der Waals surface area contributed by atoms with Crippen LogP contribution in [0.1, 0.15) is 11.1 Å². The third-order valence-electron chi connectivity index (χ3n) is 2.60. The molecule has 110 valence electrons. The third kappa shape index (κ3) is 3.88. The van der Waals surface area contributed by atoms with Crippen molar-refractivity contribution in [3.63, 3.8) is 0 Å². The van der Waals surface area contributed by atoms with Crippen LogP contribution in [0, 0.1) is 17.7 Å². The van der Waals surface area contributed by atoms with Crippen molar-refractivity contribution in [3.8, 4) is 11.8 Å². The lowest BCUT2D eigenvalue weighted by atomic mass is 10.2. The zero-order chi connectivity index (χ0) is 15.3. The van der Waals surface area contributed by atoms with E-state index in [1.165, 1.54) is 18.3 Å². The molecule has 1 aromatic carbocycles. The number of aromatic amines is 1. The van der Waals surface area contributed by atoms with Crippen LogP contribution < -0.4 is 10.5 Å². The lowest BCUT2D eigenvalue weighted by Crippen LogP contribution is -2.23. The number of sulfonamides is 1. The van der Waals surface area contributed by atoms with E-state index >= 15 is 0 Å². The maximum Gasteiger partial charge on any atom is 0.240 e. The van der Waals surface area contributed by atoms with E-state index < -0.39 is 15.8 Å². The third-order valence-corrected chi connectivity index (χ3v) is 4.00. The van der Waals surface area contributed by atoms with Crippen LogP contribution in [-0.2, 0) is 16.6 Å². The van der Waals surface area contributed by atoms with Gasteiger partial charge in [0, 0.05) is 18.3 Å². The van der Waals surface area contributed by atoms with Gasteiger partial charge in [0.1, 0.15) is 5.82 Å². The average Bonchev–Trinajstić information content (AvgIpc) is 2.97. The van der Waals surface area contributed by atoms with Crippen molar-refractivity contribution in [2.75, 3.05) is 6.54 Å². The minimum Gasteiger partial charge on any atom is -0.320 e. The fourth-order valence-corrected chi connectivity index (χ4v) is 2.58. The summed E-state index contributed by atoms with van der Waals surface area (Å²) < 4.78 is 40.2. The number of rotatable bonds is 4. The van der Waals surface area contributed by atoms with Crippen molar-refractivity contribution in [1.29, 1.82) is 0 Å². The van der Waals surface area contributed by atoms with E-state index in [9.17, 15) is 12.8 Å². The van der Waals surface area contributed by atoms with Crippen molar-refractivity contribution in [1.82, 2.24) is 14.9 Å². The van der Waals surface area contributed by atoms with Gasteiger partial charge in [-0.25, -0.2) is 17.5 Å². The van der Waals surface area contributed by atoms with Crippen molar-refractivity contribution < 1.29 is 12.8 Å². The normalized spacial score (nSPS) is 11.0. The Morgan fingerprint density at radius 1 is 1.43 bits per heavy atom. The molecule has 0 bridgehead atoms. The zero-order valence-corrected chi connectivity index (χ0v) is 11.7. The SMILES string of the molecule is NCC#Cc1ccc(S(=O)(=O)NCc2cn[nH]c2)cc1F. The zero-order valence-electron chi connectivity index (χ0n) is 10.9. The topological polar surface area (TPSA) is 101 Å². The van der Waals surface area contributed by atoms with Gasteiger partial charge in [0.25, 0.3) is 0 Å². The Balaban J connectivity index is 2.18. The Kier molecular flexibility index (Phi) is 4.70. The van der Waals surface area contributed by atoms with Gasteiger partial charge in [-0.15, -0.1) is 0 Å². The van der Waals surface area contributed by atoms with Gasteiger partial charge in [0.2, 0.25) is 10.0 Å². The summed E-state index contributed by atoms with van der Waals surface area (Å²) in [7, 11) is -3.80. The van der Waals surface area contributed by atoms with Gasteiger partial charge in [-0.3, -0.25) is 5.10 Å². The summed E-state index contributed by atoms with van der Waals surface area (Å²) in [5, 5.41) is 6.28. The van der Waals surface area contributed by atoms with Gasteiger partial charge in [-0.2, -0.15) is 5.10 Å². The number of H-pyrrole nitrogens is 1. The predicted molar refractivity (Wildman–Crippen MR) is 74.9 cm³/mol. The maximum absolute atomic E-state index is 13.8. The van der Waals surface area contributed by atoms with Crippen LogP contribution in [0.3, 0.4) is 0 Å². The first-order valence-electron chi connectivity index (χ1n) is 5.99. The van der Waals surface area contributed by atoms with E-state index in [2.05, 4.69) is 26.8 Å². The van der Waals surface area contributed by atoms with Crippen LogP contribution in [0.4, 0.5) is 4.39 Å². The molecule has 0 aliphatic heterocycles. The van der Waals surface area contributed by atoms with E-state index in [-0.39, 0.29) is 23.5 Å². The summed E-state index contributed by atoms with van der Waals surface area (Å²) in [5.74, 6) is 4.33. The van der Waals surface area contributed by atoms with E-state index in [0.717, 1.165) is 6.07 Å². The highest BCUT2D eigenvalue weighted by atomic mass is 32.2. The van der Waals surface area contributed by atoms with Gasteiger partial charge >= 0.3 is 0 Å². The summed E-state index contributed by atoms with van der Waals surface area (Å²) >= 11 is 0. The Morgan fingerprint density at radius 2 is 2.24 bits per heavy atom. The minimum atomic E-state index is -3.80. The van der Waals surface area contributed by atoms with E-state index in [4.69, 9.17) is 5.73 Å². The van der Waals surface area contributed by atoms with Crippen molar-refractivity contribution in [2.24, 2.45) is 5.73 Å². The quantitative estimate of drug-likeness (QED) is 0.709. The molecule has 1 aromatic heterocycles. The summed E-state index contributed by atoms with van der Waals surface area (Å²) in [4.78, 5) is -0.165. The predicted octanol–water partition coefficient (Wildman–Crippen LogP) is 0.338. The van der Waals surface area contributed by atoms with Crippen molar-refractivity contribution >= 4 is 10.0 Å². The molecule has 0 aliphatic rings. The molecule has 21 heavy (non-hydrogen) atoms. The fraction of sp³-hybridized carbons (Fsp3) is 0.154. The Morgan fingerprint density at radius 3 is 2.86 bits per heavy atom. The second-order valence-electron chi connectivity index (χ2n) is 4.08. The molecule has 1 heterocycles. The molecular weight excluding hydrogens is 295 g/mol.